The van der Waals surface area contributed by atoms with E-state index >= 15 is 0 Å². The molecule has 3 aromatic rings. The van der Waals surface area contributed by atoms with Crippen LogP contribution in [0.4, 0.5) is 4.79 Å². The van der Waals surface area contributed by atoms with E-state index in [-0.39, 0.29) is 39.2 Å². The van der Waals surface area contributed by atoms with Crippen molar-refractivity contribution in [3.05, 3.63) is 139 Å². The molecule has 9 atom stereocenters. The number of rotatable bonds is 16. The summed E-state index contributed by atoms with van der Waals surface area (Å²) in [5.41, 5.74) is 30.6. The second-order valence-electron chi connectivity index (χ2n) is 13.1. The summed E-state index contributed by atoms with van der Waals surface area (Å²) in [6.45, 7) is 1.51. The van der Waals surface area contributed by atoms with Gasteiger partial charge in [0, 0.05) is 28.2 Å². The first-order valence-electron chi connectivity index (χ1n) is 17.7. The summed E-state index contributed by atoms with van der Waals surface area (Å²) in [5, 5.41) is 22.8. The molecule has 0 radical (unpaired) electrons. The number of nitrogens with zero attached hydrogens (tertiary/aromatic N) is 10. The Morgan fingerprint density at radius 3 is 1.93 bits per heavy atom. The number of azide groups is 3. The van der Waals surface area contributed by atoms with Gasteiger partial charge in [-0.3, -0.25) is 9.69 Å². The maximum atomic E-state index is 14.1. The summed E-state index contributed by atoms with van der Waals surface area (Å²) in [5.74, 6) is -0.750. The molecule has 1 saturated heterocycles. The van der Waals surface area contributed by atoms with Crippen LogP contribution in [0, 0.1) is 0 Å². The van der Waals surface area contributed by atoms with E-state index in [2.05, 4.69) is 30.1 Å². The first kappa shape index (κ1) is 40.4. The Labute approximate surface area is 316 Å². The van der Waals surface area contributed by atoms with Crippen molar-refractivity contribution < 1.29 is 38.4 Å². The summed E-state index contributed by atoms with van der Waals surface area (Å²) in [6, 6.07) is 24.3. The fourth-order valence-corrected chi connectivity index (χ4v) is 6.74. The van der Waals surface area contributed by atoms with E-state index in [1.165, 1.54) is 0 Å². The number of carbonyl (C=O) groups excluding carboxylic acids is 2. The van der Waals surface area contributed by atoms with E-state index in [9.17, 15) is 25.8 Å². The second-order valence-corrected chi connectivity index (χ2v) is 13.1. The summed E-state index contributed by atoms with van der Waals surface area (Å²) in [6.07, 6.45) is -6.71. The Morgan fingerprint density at radius 2 is 1.35 bits per heavy atom. The first-order chi connectivity index (χ1) is 26.8. The fraction of sp³-hybridized carbons (Fsp3) is 0.459. The van der Waals surface area contributed by atoms with Crippen LogP contribution in [0.3, 0.4) is 0 Å². The predicted octanol–water partition coefficient (Wildman–Crippen LogP) is 7.03. The first-order valence-corrected chi connectivity index (χ1v) is 17.7. The third-order valence-electron chi connectivity index (χ3n) is 9.34. The zero-order chi connectivity index (χ0) is 39.0. The number of aliphatic hydroxyl groups is 1. The maximum absolute atomic E-state index is 14.1. The highest BCUT2D eigenvalue weighted by Gasteiger charge is 2.49. The lowest BCUT2D eigenvalue weighted by molar-refractivity contribution is -0.263. The predicted molar refractivity (Wildman–Crippen MR) is 196 cm³/mol. The maximum Gasteiger partial charge on any atom is 0.410 e. The van der Waals surface area contributed by atoms with Crippen LogP contribution in [0.1, 0.15) is 42.9 Å². The Morgan fingerprint density at radius 1 is 0.800 bits per heavy atom. The van der Waals surface area contributed by atoms with E-state index in [4.69, 9.17) is 29.2 Å². The van der Waals surface area contributed by atoms with Gasteiger partial charge < -0.3 is 28.8 Å². The lowest BCUT2D eigenvalue weighted by Gasteiger charge is -2.45. The second kappa shape index (κ2) is 20.6. The number of ether oxygens (including phenoxy) is 5. The molecule has 2 aliphatic rings. The molecule has 1 unspecified atom stereocenters. The molecule has 1 saturated carbocycles. The van der Waals surface area contributed by atoms with Crippen LogP contribution >= 0.6 is 0 Å². The molecular weight excluding hydrogens is 712 g/mol. The summed E-state index contributed by atoms with van der Waals surface area (Å²) in [7, 11) is 0. The highest BCUT2D eigenvalue weighted by Crippen LogP contribution is 2.35. The number of hydrogen-bond donors (Lipinski definition) is 1. The highest BCUT2D eigenvalue weighted by atomic mass is 16.7. The minimum Gasteiger partial charge on any atom is -0.459 e. The van der Waals surface area contributed by atoms with Gasteiger partial charge in [0.25, 0.3) is 0 Å². The van der Waals surface area contributed by atoms with Gasteiger partial charge in [-0.15, -0.1) is 0 Å². The van der Waals surface area contributed by atoms with Crippen molar-refractivity contribution in [2.75, 3.05) is 6.61 Å². The molecule has 1 N–H and O–H groups in total. The fourth-order valence-electron chi connectivity index (χ4n) is 6.74. The third-order valence-corrected chi connectivity index (χ3v) is 9.34. The van der Waals surface area contributed by atoms with Crippen LogP contribution in [-0.4, -0.2) is 83.5 Å². The van der Waals surface area contributed by atoms with Gasteiger partial charge in [-0.2, -0.15) is 0 Å². The molecule has 2 fully saturated rings. The molecule has 3 aromatic carbocycles. The highest BCUT2D eigenvalue weighted by molar-refractivity contribution is 5.68. The minimum absolute atomic E-state index is 0.00150. The van der Waals surface area contributed by atoms with Crippen LogP contribution in [0.5, 0.6) is 0 Å². The number of benzene rings is 3. The minimum atomic E-state index is -1.65. The van der Waals surface area contributed by atoms with Crippen LogP contribution in [0.15, 0.2) is 106 Å². The Hall–Kier alpha value is -5.83. The van der Waals surface area contributed by atoms with Crippen molar-refractivity contribution >= 4 is 12.1 Å². The van der Waals surface area contributed by atoms with E-state index in [0.717, 1.165) is 23.6 Å². The molecule has 0 aromatic heterocycles. The van der Waals surface area contributed by atoms with Crippen LogP contribution < -0.4 is 0 Å². The van der Waals surface area contributed by atoms with Crippen molar-refractivity contribution in [2.45, 2.75) is 101 Å². The van der Waals surface area contributed by atoms with Crippen molar-refractivity contribution in [1.29, 1.82) is 0 Å². The molecular formula is C37H42N10O8. The Balaban J connectivity index is 1.47. The number of amides is 1. The van der Waals surface area contributed by atoms with Gasteiger partial charge in [-0.25, -0.2) is 4.79 Å². The van der Waals surface area contributed by atoms with Gasteiger partial charge in [0.15, 0.2) is 6.29 Å². The van der Waals surface area contributed by atoms with Gasteiger partial charge in [0.1, 0.15) is 18.8 Å². The van der Waals surface area contributed by atoms with Crippen molar-refractivity contribution in [3.8, 4) is 0 Å². The van der Waals surface area contributed by atoms with Crippen LogP contribution in [0.25, 0.3) is 31.3 Å². The van der Waals surface area contributed by atoms with Crippen molar-refractivity contribution in [1.82, 2.24) is 4.90 Å². The van der Waals surface area contributed by atoms with Crippen LogP contribution in [-0.2, 0) is 48.2 Å². The smallest absolute Gasteiger partial charge is 0.410 e. The van der Waals surface area contributed by atoms with Crippen molar-refractivity contribution in [3.63, 3.8) is 0 Å². The molecule has 5 rings (SSSR count). The average Bonchev–Trinajstić information content (AvgIpc) is 3.20. The number of aliphatic hydroxyl groups excluding tert-OH is 1. The monoisotopic (exact) mass is 754 g/mol. The van der Waals surface area contributed by atoms with E-state index in [0.29, 0.717) is 6.42 Å². The SMILES string of the molecule is CC(=O)O[C@@H]1[C@@H](O)[C@H](O[C@H]2O[C@H](C(COCc3ccccc3)N(Cc3ccccc3)C(=O)OCc3ccccc3)CC[C@H]2N=[N+]=[N-])[C@@H](N=[N+]=[N-])C[C@H]1N=[N+]=[N-]. The topological polar surface area (TPSA) is 250 Å². The normalized spacial score (nSPS) is 25.1. The molecule has 0 bridgehead atoms. The lowest BCUT2D eigenvalue weighted by Crippen LogP contribution is -2.60. The number of esters is 1. The largest absolute Gasteiger partial charge is 0.459 e. The molecule has 18 nitrogen and oxygen atoms in total. The van der Waals surface area contributed by atoms with Crippen molar-refractivity contribution in [2.24, 2.45) is 15.3 Å². The van der Waals surface area contributed by atoms with E-state index in [1.54, 1.807) is 4.90 Å². The third kappa shape index (κ3) is 11.3. The van der Waals surface area contributed by atoms with Gasteiger partial charge in [0.05, 0.1) is 49.6 Å². The molecule has 0 spiro atoms. The Kier molecular flexibility index (Phi) is 15.1. The molecule has 1 aliphatic carbocycles. The molecule has 1 amide bonds. The van der Waals surface area contributed by atoms with Gasteiger partial charge in [-0.1, -0.05) is 106 Å². The zero-order valence-corrected chi connectivity index (χ0v) is 30.1. The number of hydrogen-bond acceptors (Lipinski definition) is 11. The molecule has 55 heavy (non-hydrogen) atoms. The lowest BCUT2D eigenvalue weighted by atomic mass is 9.84. The number of carbonyl (C=O) groups is 2. The van der Waals surface area contributed by atoms with E-state index in [1.807, 2.05) is 91.0 Å². The average molecular weight is 755 g/mol. The molecule has 1 aliphatic heterocycles. The quantitative estimate of drug-likeness (QED) is 0.0685. The molecule has 288 valence electrons. The van der Waals surface area contributed by atoms with Gasteiger partial charge >= 0.3 is 12.1 Å². The van der Waals surface area contributed by atoms with Gasteiger partial charge in [-0.05, 0) is 52.5 Å². The zero-order valence-electron chi connectivity index (χ0n) is 30.1. The van der Waals surface area contributed by atoms with E-state index < -0.39 is 66.9 Å². The summed E-state index contributed by atoms with van der Waals surface area (Å²) >= 11 is 0. The molecule has 18 heteroatoms. The van der Waals surface area contributed by atoms with Crippen LogP contribution in [0.2, 0.25) is 0 Å². The summed E-state index contributed by atoms with van der Waals surface area (Å²) in [4.78, 5) is 36.3. The summed E-state index contributed by atoms with van der Waals surface area (Å²) < 4.78 is 30.3. The molecule has 1 heterocycles. The standard InChI is InChI=1S/C37H42N10O8/c1-24(48)53-34-29(42-45-39)19-30(43-46-40)35(33(34)49)55-36-28(41-44-38)17-18-32(54-36)31(23-51-21-26-13-7-3-8-14-26)47(20-25-11-5-2-6-12-25)37(50)52-22-27-15-9-4-10-16-27/h2-16,28-36,49H,17-23H2,1H3/t28-,29-,30+,31?,32+,33-,34+,35-,36-/m1/s1. The Bertz CT molecular complexity index is 1840. The van der Waals surface area contributed by atoms with Gasteiger partial charge in [0.2, 0.25) is 0 Å².